The Bertz CT molecular complexity index is 1320. The van der Waals surface area contributed by atoms with Crippen molar-refractivity contribution < 1.29 is 28.6 Å². The minimum absolute atomic E-state index is 0.0889. The molecule has 0 radical (unpaired) electrons. The lowest BCUT2D eigenvalue weighted by atomic mass is 10.1. The van der Waals surface area contributed by atoms with Crippen molar-refractivity contribution >= 4 is 17.9 Å². The van der Waals surface area contributed by atoms with Gasteiger partial charge in [0, 0.05) is 19.3 Å². The topological polar surface area (TPSA) is 78.9 Å². The molecule has 0 amide bonds. The Morgan fingerprint density at radius 3 is 0.956 bits per heavy atom. The summed E-state index contributed by atoms with van der Waals surface area (Å²) in [4.78, 5) is 38.1. The first-order chi connectivity index (χ1) is 33.5. The Morgan fingerprint density at radius 2 is 0.588 bits per heavy atom. The van der Waals surface area contributed by atoms with Crippen molar-refractivity contribution in [3.63, 3.8) is 0 Å². The average molecular weight is 948 g/mol. The Hall–Kier alpha value is -3.41. The molecule has 0 bridgehead atoms. The van der Waals surface area contributed by atoms with Crippen LogP contribution in [0.5, 0.6) is 0 Å². The van der Waals surface area contributed by atoms with Gasteiger partial charge < -0.3 is 14.2 Å². The highest BCUT2D eigenvalue weighted by Crippen LogP contribution is 2.15. The summed E-state index contributed by atoms with van der Waals surface area (Å²) in [6, 6.07) is 0. The van der Waals surface area contributed by atoms with Gasteiger partial charge in [0.15, 0.2) is 6.10 Å². The van der Waals surface area contributed by atoms with E-state index in [9.17, 15) is 14.4 Å². The van der Waals surface area contributed by atoms with Crippen molar-refractivity contribution in [2.75, 3.05) is 13.2 Å². The van der Waals surface area contributed by atoms with Crippen LogP contribution in [-0.4, -0.2) is 37.2 Å². The van der Waals surface area contributed by atoms with Crippen LogP contribution in [0.1, 0.15) is 271 Å². The number of rotatable bonds is 51. The summed E-state index contributed by atoms with van der Waals surface area (Å²) in [5.74, 6) is -0.917. The van der Waals surface area contributed by atoms with E-state index in [2.05, 4.69) is 106 Å². The van der Waals surface area contributed by atoms with Crippen LogP contribution >= 0.6 is 0 Å². The zero-order valence-corrected chi connectivity index (χ0v) is 44.6. The van der Waals surface area contributed by atoms with Gasteiger partial charge in [-0.1, -0.05) is 228 Å². The van der Waals surface area contributed by atoms with E-state index in [0.29, 0.717) is 19.3 Å². The Balaban J connectivity index is 4.38. The van der Waals surface area contributed by atoms with E-state index >= 15 is 0 Å². The van der Waals surface area contributed by atoms with Crippen molar-refractivity contribution in [3.8, 4) is 0 Å². The number of unbranched alkanes of at least 4 members (excludes halogenated alkanes) is 26. The number of esters is 3. The molecule has 1 unspecified atom stereocenters. The van der Waals surface area contributed by atoms with Gasteiger partial charge in [-0.15, -0.1) is 0 Å². The highest BCUT2D eigenvalue weighted by Gasteiger charge is 2.19. The van der Waals surface area contributed by atoms with E-state index in [1.807, 2.05) is 0 Å². The largest absolute Gasteiger partial charge is 0.462 e. The quantitative estimate of drug-likeness (QED) is 0.0262. The summed E-state index contributed by atoms with van der Waals surface area (Å²) in [5, 5.41) is 0. The molecule has 6 nitrogen and oxygen atoms in total. The number of hydrogen-bond donors (Lipinski definition) is 0. The van der Waals surface area contributed by atoms with E-state index in [0.717, 1.165) is 116 Å². The molecule has 0 heterocycles. The highest BCUT2D eigenvalue weighted by atomic mass is 16.6. The lowest BCUT2D eigenvalue weighted by Crippen LogP contribution is -2.30. The lowest BCUT2D eigenvalue weighted by Gasteiger charge is -2.18. The van der Waals surface area contributed by atoms with Crippen LogP contribution in [-0.2, 0) is 28.6 Å². The smallest absolute Gasteiger partial charge is 0.306 e. The first-order valence-corrected chi connectivity index (χ1v) is 28.6. The van der Waals surface area contributed by atoms with Gasteiger partial charge in [-0.05, 0) is 109 Å². The van der Waals surface area contributed by atoms with Gasteiger partial charge in [-0.2, -0.15) is 0 Å². The number of carbonyl (C=O) groups excluding carboxylic acids is 3. The molecule has 0 N–H and O–H groups in total. The van der Waals surface area contributed by atoms with E-state index in [4.69, 9.17) is 14.2 Å². The normalized spacial score (nSPS) is 12.7. The molecule has 0 aromatic rings. The molecule has 1 atom stereocenters. The van der Waals surface area contributed by atoms with Gasteiger partial charge in [0.25, 0.3) is 0 Å². The second-order valence-electron chi connectivity index (χ2n) is 18.8. The van der Waals surface area contributed by atoms with E-state index in [-0.39, 0.29) is 31.1 Å². The van der Waals surface area contributed by atoms with Crippen molar-refractivity contribution in [1.29, 1.82) is 0 Å². The molecular formula is C62H106O6. The second-order valence-corrected chi connectivity index (χ2v) is 18.8. The summed E-state index contributed by atoms with van der Waals surface area (Å²) in [5.41, 5.74) is 0. The fourth-order valence-electron chi connectivity index (χ4n) is 7.80. The van der Waals surface area contributed by atoms with Crippen LogP contribution in [0.15, 0.2) is 85.1 Å². The van der Waals surface area contributed by atoms with Crippen molar-refractivity contribution in [2.24, 2.45) is 0 Å². The summed E-state index contributed by atoms with van der Waals surface area (Å²) in [7, 11) is 0. The van der Waals surface area contributed by atoms with Gasteiger partial charge in [0.05, 0.1) is 0 Å². The molecule has 6 heteroatoms. The van der Waals surface area contributed by atoms with Gasteiger partial charge in [-0.3, -0.25) is 14.4 Å². The average Bonchev–Trinajstić information content (AvgIpc) is 3.34. The Labute approximate surface area is 420 Å². The van der Waals surface area contributed by atoms with Crippen LogP contribution in [0.3, 0.4) is 0 Å². The molecular weight excluding hydrogens is 841 g/mol. The molecule has 0 aromatic heterocycles. The van der Waals surface area contributed by atoms with Crippen LogP contribution < -0.4 is 0 Å². The molecule has 0 aromatic carbocycles. The lowest BCUT2D eigenvalue weighted by molar-refractivity contribution is -0.167. The molecule has 0 fully saturated rings. The van der Waals surface area contributed by atoms with Crippen LogP contribution in [0.2, 0.25) is 0 Å². The molecule has 0 spiro atoms. The van der Waals surface area contributed by atoms with Crippen LogP contribution in [0.25, 0.3) is 0 Å². The van der Waals surface area contributed by atoms with E-state index < -0.39 is 6.10 Å². The predicted octanol–water partition coefficient (Wildman–Crippen LogP) is 19.2. The third-order valence-corrected chi connectivity index (χ3v) is 12.1. The second kappa shape index (κ2) is 56.2. The number of hydrogen-bond acceptors (Lipinski definition) is 6. The molecule has 0 aliphatic rings. The maximum Gasteiger partial charge on any atom is 0.306 e. The molecule has 0 saturated carbocycles. The standard InChI is InChI=1S/C62H106O6/c1-4-7-10-13-16-19-22-24-26-28-30-31-32-34-35-37-40-43-46-49-52-55-61(64)67-58-59(57-66-60(63)54-51-48-45-42-39-21-18-15-12-9-6-3)68-62(65)56-53-50-47-44-41-38-36-33-29-27-25-23-20-17-14-11-8-5-2/h7,10,15-16,18-19,24,26-27,29-31,34-35,59H,4-6,8-9,11-14,17,20-23,25,28,32-33,36-58H2,1-3H3/b10-7-,18-15-,19-16-,26-24-,29-27-,31-30-,35-34-. The molecule has 390 valence electrons. The van der Waals surface area contributed by atoms with Gasteiger partial charge >= 0.3 is 17.9 Å². The van der Waals surface area contributed by atoms with Crippen molar-refractivity contribution in [3.05, 3.63) is 85.1 Å². The minimum Gasteiger partial charge on any atom is -0.462 e. The van der Waals surface area contributed by atoms with Crippen molar-refractivity contribution in [1.82, 2.24) is 0 Å². The number of carbonyl (C=O) groups is 3. The zero-order chi connectivity index (χ0) is 49.3. The number of allylic oxidation sites excluding steroid dienone is 14. The summed E-state index contributed by atoms with van der Waals surface area (Å²) in [6.45, 7) is 6.47. The molecule has 0 aliphatic heterocycles. The fourth-order valence-corrected chi connectivity index (χ4v) is 7.80. The maximum atomic E-state index is 12.8. The van der Waals surface area contributed by atoms with Crippen LogP contribution in [0, 0.1) is 0 Å². The highest BCUT2D eigenvalue weighted by molar-refractivity contribution is 5.71. The third kappa shape index (κ3) is 53.5. The Kier molecular flexibility index (Phi) is 53.4. The third-order valence-electron chi connectivity index (χ3n) is 12.1. The summed E-state index contributed by atoms with van der Waals surface area (Å²) < 4.78 is 16.8. The van der Waals surface area contributed by atoms with Gasteiger partial charge in [0.1, 0.15) is 13.2 Å². The minimum atomic E-state index is -0.790. The van der Waals surface area contributed by atoms with Crippen LogP contribution in [0.4, 0.5) is 0 Å². The molecule has 0 saturated heterocycles. The van der Waals surface area contributed by atoms with Gasteiger partial charge in [-0.25, -0.2) is 0 Å². The molecule has 0 rings (SSSR count). The predicted molar refractivity (Wildman–Crippen MR) is 293 cm³/mol. The maximum absolute atomic E-state index is 12.8. The molecule has 0 aliphatic carbocycles. The number of ether oxygens (including phenoxy) is 3. The first kappa shape index (κ1) is 64.6. The van der Waals surface area contributed by atoms with Crippen molar-refractivity contribution in [2.45, 2.75) is 277 Å². The molecule has 68 heavy (non-hydrogen) atoms. The van der Waals surface area contributed by atoms with E-state index in [1.54, 1.807) is 0 Å². The monoisotopic (exact) mass is 947 g/mol. The Morgan fingerprint density at radius 1 is 0.309 bits per heavy atom. The van der Waals surface area contributed by atoms with Gasteiger partial charge in [0.2, 0.25) is 0 Å². The van der Waals surface area contributed by atoms with E-state index in [1.165, 1.54) is 116 Å². The fraction of sp³-hybridized carbons (Fsp3) is 0.726. The zero-order valence-electron chi connectivity index (χ0n) is 44.6. The SMILES string of the molecule is CC/C=C\C/C=C\C/C=C\C/C=C\C/C=C\CCCCCCCC(=O)OCC(COC(=O)CCCCCCC/C=C\CCCC)OC(=O)CCCCCCCCC/C=C\CCCCCCCCC. The first-order valence-electron chi connectivity index (χ1n) is 28.6. The summed E-state index contributed by atoms with van der Waals surface area (Å²) in [6.07, 6.45) is 72.9. The summed E-state index contributed by atoms with van der Waals surface area (Å²) >= 11 is 0.